The number of nitrogens with zero attached hydrogens (tertiary/aromatic N) is 2. The summed E-state index contributed by atoms with van der Waals surface area (Å²) in [5.41, 5.74) is 2.50. The number of aryl methyl sites for hydroxylation is 1. The van der Waals surface area contributed by atoms with Crippen LogP contribution in [0.4, 0.5) is 9.52 Å². The van der Waals surface area contributed by atoms with E-state index in [2.05, 4.69) is 20.3 Å². The van der Waals surface area contributed by atoms with E-state index in [0.29, 0.717) is 10.3 Å². The van der Waals surface area contributed by atoms with Gasteiger partial charge < -0.3 is 10.3 Å². The second kappa shape index (κ2) is 6.93. The summed E-state index contributed by atoms with van der Waals surface area (Å²) in [4.78, 5) is 23.4. The summed E-state index contributed by atoms with van der Waals surface area (Å²) in [7, 11) is 0. The Labute approximate surface area is 140 Å². The van der Waals surface area contributed by atoms with Crippen LogP contribution < -0.4 is 5.32 Å². The van der Waals surface area contributed by atoms with Crippen molar-refractivity contribution in [2.75, 3.05) is 11.1 Å². The highest BCUT2D eigenvalue weighted by atomic mass is 32.2. The molecule has 0 unspecified atom stereocenters. The van der Waals surface area contributed by atoms with E-state index >= 15 is 0 Å². The Bertz CT molecular complexity index is 813. The number of rotatable bonds is 5. The highest BCUT2D eigenvalue weighted by molar-refractivity contribution is 7.99. The summed E-state index contributed by atoms with van der Waals surface area (Å²) in [6.45, 7) is 1.88. The van der Waals surface area contributed by atoms with Crippen LogP contribution in [0.2, 0.25) is 0 Å². The first-order chi connectivity index (χ1) is 11.1. The van der Waals surface area contributed by atoms with Gasteiger partial charge in [0, 0.05) is 5.38 Å². The van der Waals surface area contributed by atoms with E-state index in [1.54, 1.807) is 18.3 Å². The molecule has 2 aromatic heterocycles. The molecule has 0 aliphatic carbocycles. The maximum atomic E-state index is 12.9. The molecule has 0 saturated carbocycles. The van der Waals surface area contributed by atoms with Crippen molar-refractivity contribution in [1.82, 2.24) is 15.0 Å². The van der Waals surface area contributed by atoms with E-state index in [1.165, 1.54) is 35.2 Å². The molecule has 1 amide bonds. The summed E-state index contributed by atoms with van der Waals surface area (Å²) in [6.07, 6.45) is 1.66. The summed E-state index contributed by atoms with van der Waals surface area (Å²) < 4.78 is 12.9. The van der Waals surface area contributed by atoms with Gasteiger partial charge in [0.2, 0.25) is 5.91 Å². The van der Waals surface area contributed by atoms with E-state index in [4.69, 9.17) is 0 Å². The van der Waals surface area contributed by atoms with Crippen LogP contribution in [0.5, 0.6) is 0 Å². The number of nitrogens with one attached hydrogen (secondary N) is 2. The fourth-order valence-electron chi connectivity index (χ4n) is 1.85. The molecule has 0 bridgehead atoms. The molecular formula is C15H13FN4OS2. The van der Waals surface area contributed by atoms with E-state index in [0.717, 1.165) is 17.0 Å². The van der Waals surface area contributed by atoms with Gasteiger partial charge in [0.25, 0.3) is 0 Å². The molecule has 0 aliphatic heterocycles. The van der Waals surface area contributed by atoms with Crippen molar-refractivity contribution >= 4 is 34.1 Å². The second-order valence-electron chi connectivity index (χ2n) is 4.74. The molecule has 0 spiro atoms. The van der Waals surface area contributed by atoms with Crippen molar-refractivity contribution in [1.29, 1.82) is 0 Å². The number of aromatic amines is 1. The molecule has 1 aromatic carbocycles. The number of carbonyl (C=O) groups is 1. The molecule has 0 radical (unpaired) electrons. The Morgan fingerprint density at radius 1 is 1.39 bits per heavy atom. The van der Waals surface area contributed by atoms with Crippen LogP contribution in [0.25, 0.3) is 11.3 Å². The van der Waals surface area contributed by atoms with Crippen molar-refractivity contribution in [3.05, 3.63) is 47.4 Å². The Balaban J connectivity index is 1.56. The molecule has 3 aromatic rings. The molecule has 118 valence electrons. The number of halogens is 1. The zero-order chi connectivity index (χ0) is 16.2. The Kier molecular flexibility index (Phi) is 4.73. The van der Waals surface area contributed by atoms with Crippen molar-refractivity contribution in [2.24, 2.45) is 0 Å². The van der Waals surface area contributed by atoms with Crippen LogP contribution in [-0.2, 0) is 4.79 Å². The van der Waals surface area contributed by atoms with Crippen molar-refractivity contribution in [3.8, 4) is 11.3 Å². The largest absolute Gasteiger partial charge is 0.333 e. The third-order valence-electron chi connectivity index (χ3n) is 2.91. The lowest BCUT2D eigenvalue weighted by molar-refractivity contribution is -0.113. The topological polar surface area (TPSA) is 70.7 Å². The maximum Gasteiger partial charge on any atom is 0.236 e. The first kappa shape index (κ1) is 15.7. The number of thiazole rings is 1. The molecule has 23 heavy (non-hydrogen) atoms. The van der Waals surface area contributed by atoms with Crippen LogP contribution in [0.3, 0.4) is 0 Å². The molecule has 0 aliphatic rings. The van der Waals surface area contributed by atoms with Gasteiger partial charge in [0.1, 0.15) is 5.82 Å². The predicted octanol–water partition coefficient (Wildman–Crippen LogP) is 3.71. The number of H-pyrrole nitrogens is 1. The first-order valence-electron chi connectivity index (χ1n) is 6.76. The zero-order valence-electron chi connectivity index (χ0n) is 12.2. The van der Waals surface area contributed by atoms with E-state index < -0.39 is 0 Å². The van der Waals surface area contributed by atoms with Crippen LogP contribution in [0.1, 0.15) is 5.69 Å². The minimum absolute atomic E-state index is 0.135. The number of hydrogen-bond donors (Lipinski definition) is 2. The molecule has 0 fully saturated rings. The molecule has 3 rings (SSSR count). The van der Waals surface area contributed by atoms with Gasteiger partial charge in [-0.2, -0.15) is 0 Å². The number of hydrogen-bond acceptors (Lipinski definition) is 5. The smallest absolute Gasteiger partial charge is 0.236 e. The Hall–Kier alpha value is -2.19. The molecule has 8 heteroatoms. The minimum Gasteiger partial charge on any atom is -0.333 e. The summed E-state index contributed by atoms with van der Waals surface area (Å²) in [5.74, 6) is -0.185. The fraction of sp³-hybridized carbons (Fsp3) is 0.133. The van der Waals surface area contributed by atoms with Gasteiger partial charge in [-0.05, 0) is 36.8 Å². The standard InChI is InChI=1S/C15H13FN4OS2/c1-9-7-22-15(18-9)20-13(21)8-23-14-17-6-12(19-14)10-2-4-11(16)5-3-10/h2-7H,8H2,1H3,(H,17,19)(H,18,20,21). The van der Waals surface area contributed by atoms with Crippen molar-refractivity contribution < 1.29 is 9.18 Å². The van der Waals surface area contributed by atoms with E-state index in [9.17, 15) is 9.18 Å². The number of thioether (sulfide) groups is 1. The van der Waals surface area contributed by atoms with Gasteiger partial charge in [-0.15, -0.1) is 11.3 Å². The molecule has 0 atom stereocenters. The van der Waals surface area contributed by atoms with Gasteiger partial charge in [-0.25, -0.2) is 14.4 Å². The quantitative estimate of drug-likeness (QED) is 0.690. The number of carbonyl (C=O) groups excluding carboxylic acids is 1. The Morgan fingerprint density at radius 2 is 2.17 bits per heavy atom. The summed E-state index contributed by atoms with van der Waals surface area (Å²) in [5, 5.41) is 5.85. The lowest BCUT2D eigenvalue weighted by Gasteiger charge is -2.00. The lowest BCUT2D eigenvalue weighted by atomic mass is 10.2. The summed E-state index contributed by atoms with van der Waals surface area (Å²) >= 11 is 2.69. The van der Waals surface area contributed by atoms with Crippen LogP contribution in [-0.4, -0.2) is 26.6 Å². The van der Waals surface area contributed by atoms with Crippen molar-refractivity contribution in [2.45, 2.75) is 12.1 Å². The third kappa shape index (κ3) is 4.17. The summed E-state index contributed by atoms with van der Waals surface area (Å²) in [6, 6.07) is 6.14. The highest BCUT2D eigenvalue weighted by Crippen LogP contribution is 2.22. The van der Waals surface area contributed by atoms with Crippen molar-refractivity contribution in [3.63, 3.8) is 0 Å². The maximum absolute atomic E-state index is 12.9. The van der Waals surface area contributed by atoms with Crippen LogP contribution in [0, 0.1) is 12.7 Å². The molecule has 5 nitrogen and oxygen atoms in total. The fourth-order valence-corrected chi connectivity index (χ4v) is 3.21. The van der Waals surface area contributed by atoms with E-state index in [1.807, 2.05) is 12.3 Å². The number of imidazole rings is 1. The molecule has 0 saturated heterocycles. The normalized spacial score (nSPS) is 10.7. The second-order valence-corrected chi connectivity index (χ2v) is 6.56. The van der Waals surface area contributed by atoms with Gasteiger partial charge >= 0.3 is 0 Å². The monoisotopic (exact) mass is 348 g/mol. The number of benzene rings is 1. The Morgan fingerprint density at radius 3 is 2.87 bits per heavy atom. The number of aromatic nitrogens is 3. The van der Waals surface area contributed by atoms with Gasteiger partial charge in [-0.3, -0.25) is 4.79 Å². The zero-order valence-corrected chi connectivity index (χ0v) is 13.8. The number of anilines is 1. The van der Waals surface area contributed by atoms with Gasteiger partial charge in [0.15, 0.2) is 10.3 Å². The van der Waals surface area contributed by atoms with Gasteiger partial charge in [-0.1, -0.05) is 11.8 Å². The number of amides is 1. The average Bonchev–Trinajstić information content (AvgIpc) is 3.15. The molecule has 2 heterocycles. The SMILES string of the molecule is Cc1csc(NC(=O)CSc2ncc(-c3ccc(F)cc3)[nH]2)n1. The predicted molar refractivity (Wildman–Crippen MR) is 90.2 cm³/mol. The van der Waals surface area contributed by atoms with E-state index in [-0.39, 0.29) is 17.5 Å². The first-order valence-corrected chi connectivity index (χ1v) is 8.62. The average molecular weight is 348 g/mol. The molecule has 2 N–H and O–H groups in total. The minimum atomic E-state index is -0.281. The van der Waals surface area contributed by atoms with Gasteiger partial charge in [0.05, 0.1) is 23.3 Å². The highest BCUT2D eigenvalue weighted by Gasteiger charge is 2.09. The third-order valence-corrected chi connectivity index (χ3v) is 4.68. The van der Waals surface area contributed by atoms with Crippen LogP contribution >= 0.6 is 23.1 Å². The molecular weight excluding hydrogens is 335 g/mol. The lowest BCUT2D eigenvalue weighted by Crippen LogP contribution is -2.13. The van der Waals surface area contributed by atoms with Crippen LogP contribution in [0.15, 0.2) is 41.0 Å².